The van der Waals surface area contributed by atoms with E-state index in [-0.39, 0.29) is 17.1 Å². The number of carbonyl (C=O) groups is 1. The minimum absolute atomic E-state index is 0.0266. The van der Waals surface area contributed by atoms with Gasteiger partial charge in [-0.2, -0.15) is 4.31 Å². The quantitative estimate of drug-likeness (QED) is 0.825. The fourth-order valence-corrected chi connectivity index (χ4v) is 5.43. The third-order valence-electron chi connectivity index (χ3n) is 5.55. The van der Waals surface area contributed by atoms with Gasteiger partial charge in [0.25, 0.3) is 0 Å². The molecule has 1 amide bonds. The highest BCUT2D eigenvalue weighted by Crippen LogP contribution is 2.35. The van der Waals surface area contributed by atoms with Crippen molar-refractivity contribution in [3.63, 3.8) is 0 Å². The molecule has 2 aliphatic carbocycles. The first-order valence-corrected chi connectivity index (χ1v) is 11.0. The summed E-state index contributed by atoms with van der Waals surface area (Å²) in [6.45, 7) is 0.912. The van der Waals surface area contributed by atoms with Gasteiger partial charge in [0.05, 0.1) is 5.25 Å². The summed E-state index contributed by atoms with van der Waals surface area (Å²) in [7, 11) is -3.14. The zero-order valence-corrected chi connectivity index (χ0v) is 15.8. The molecule has 2 aromatic heterocycles. The number of anilines is 1. The molecule has 0 radical (unpaired) electrons. The van der Waals surface area contributed by atoms with Crippen LogP contribution < -0.4 is 5.32 Å². The zero-order valence-electron chi connectivity index (χ0n) is 14.9. The molecule has 2 saturated carbocycles. The number of rotatable bonds is 5. The fourth-order valence-electron chi connectivity index (χ4n) is 3.64. The number of carbonyl (C=O) groups excluding carboxylic acids is 1. The first-order chi connectivity index (χ1) is 13.0. The third kappa shape index (κ3) is 3.17. The lowest BCUT2D eigenvalue weighted by Crippen LogP contribution is -2.36. The van der Waals surface area contributed by atoms with Crippen LogP contribution in [0.3, 0.4) is 0 Å². The van der Waals surface area contributed by atoms with Crippen molar-refractivity contribution in [1.29, 1.82) is 0 Å². The second kappa shape index (κ2) is 6.17. The topological polar surface area (TPSA) is 95.2 Å². The average Bonchev–Trinajstić information content (AvgIpc) is 3.57. The van der Waals surface area contributed by atoms with E-state index in [1.165, 1.54) is 0 Å². The lowest BCUT2D eigenvalue weighted by molar-refractivity contribution is -0.117. The van der Waals surface area contributed by atoms with Crippen molar-refractivity contribution in [3.8, 4) is 0 Å². The summed E-state index contributed by atoms with van der Waals surface area (Å²) in [5, 5.41) is 3.74. The Balaban J connectivity index is 1.44. The van der Waals surface area contributed by atoms with E-state index in [2.05, 4.69) is 15.3 Å². The van der Waals surface area contributed by atoms with Gasteiger partial charge in [-0.25, -0.2) is 13.4 Å². The van der Waals surface area contributed by atoms with Crippen LogP contribution in [0.15, 0.2) is 24.4 Å². The molecule has 2 aromatic rings. The molecule has 2 N–H and O–H groups in total. The molecule has 3 heterocycles. The smallest absolute Gasteiger partial charge is 0.228 e. The van der Waals surface area contributed by atoms with Gasteiger partial charge in [0.2, 0.25) is 15.9 Å². The van der Waals surface area contributed by atoms with E-state index in [9.17, 15) is 13.2 Å². The number of aromatic nitrogens is 2. The molecule has 0 aromatic carbocycles. The molecule has 27 heavy (non-hydrogen) atoms. The van der Waals surface area contributed by atoms with Gasteiger partial charge in [0.1, 0.15) is 11.5 Å². The number of hydrogen-bond acceptors (Lipinski definition) is 4. The van der Waals surface area contributed by atoms with Crippen LogP contribution in [-0.4, -0.2) is 46.9 Å². The van der Waals surface area contributed by atoms with E-state index in [0.717, 1.165) is 47.9 Å². The number of H-pyrrole nitrogens is 1. The van der Waals surface area contributed by atoms with Gasteiger partial charge in [-0.1, -0.05) is 6.08 Å². The lowest BCUT2D eigenvalue weighted by Gasteiger charge is -2.26. The van der Waals surface area contributed by atoms with E-state index in [1.54, 1.807) is 4.31 Å². The molecule has 0 unspecified atom stereocenters. The molecule has 0 saturated heterocycles. The van der Waals surface area contributed by atoms with Gasteiger partial charge >= 0.3 is 0 Å². The molecule has 142 valence electrons. The molecule has 0 spiro atoms. The van der Waals surface area contributed by atoms with E-state index >= 15 is 0 Å². The van der Waals surface area contributed by atoms with Crippen molar-refractivity contribution in [2.24, 2.45) is 5.92 Å². The maximum Gasteiger partial charge on any atom is 0.228 e. The predicted molar refractivity (Wildman–Crippen MR) is 104 cm³/mol. The summed E-state index contributed by atoms with van der Waals surface area (Å²) in [6.07, 6.45) is 7.95. The number of aromatic amines is 1. The van der Waals surface area contributed by atoms with Crippen LogP contribution in [0.4, 0.5) is 5.82 Å². The fraction of sp³-hybridized carbons (Fsp3) is 0.474. The highest BCUT2D eigenvalue weighted by molar-refractivity contribution is 7.90. The first kappa shape index (κ1) is 16.9. The van der Waals surface area contributed by atoms with Crippen LogP contribution in [0.1, 0.15) is 37.7 Å². The van der Waals surface area contributed by atoms with Crippen LogP contribution in [0.5, 0.6) is 0 Å². The molecule has 0 atom stereocenters. The first-order valence-electron chi connectivity index (χ1n) is 9.50. The van der Waals surface area contributed by atoms with Crippen molar-refractivity contribution in [2.45, 2.75) is 37.4 Å². The second-order valence-electron chi connectivity index (χ2n) is 7.64. The lowest BCUT2D eigenvalue weighted by atomic mass is 9.98. The molecule has 7 nitrogen and oxygen atoms in total. The van der Waals surface area contributed by atoms with Gasteiger partial charge in [-0.3, -0.25) is 4.79 Å². The predicted octanol–water partition coefficient (Wildman–Crippen LogP) is 2.49. The van der Waals surface area contributed by atoms with Crippen LogP contribution in [0.25, 0.3) is 16.6 Å². The Kier molecular flexibility index (Phi) is 3.87. The highest BCUT2D eigenvalue weighted by atomic mass is 32.2. The second-order valence-corrected chi connectivity index (χ2v) is 9.85. The number of sulfonamides is 1. The summed E-state index contributed by atoms with van der Waals surface area (Å²) in [6, 6.07) is 3.88. The SMILES string of the molecule is O=C(Nc1cc(C2=CCN(S(=O)(=O)C3CC3)CC2)c2cc[nH]c2n1)C1CC1. The van der Waals surface area contributed by atoms with E-state index in [0.29, 0.717) is 25.3 Å². The average molecular weight is 386 g/mol. The van der Waals surface area contributed by atoms with Crippen molar-refractivity contribution in [1.82, 2.24) is 14.3 Å². The number of hydrogen-bond donors (Lipinski definition) is 2. The Hall–Kier alpha value is -2.19. The van der Waals surface area contributed by atoms with Crippen LogP contribution in [0.2, 0.25) is 0 Å². The third-order valence-corrected chi connectivity index (χ3v) is 7.92. The maximum absolute atomic E-state index is 12.4. The maximum atomic E-state index is 12.4. The van der Waals surface area contributed by atoms with Gasteiger partial charge in [0, 0.05) is 30.6 Å². The Morgan fingerprint density at radius 1 is 1.26 bits per heavy atom. The molecular formula is C19H22N4O3S. The molecule has 1 aliphatic heterocycles. The minimum atomic E-state index is -3.14. The van der Waals surface area contributed by atoms with Crippen molar-refractivity contribution in [2.75, 3.05) is 18.4 Å². The Bertz CT molecular complexity index is 1050. The standard InChI is InChI=1S/C19H22N4O3S/c24-19(13-1-2-13)22-17-11-16(15-5-8-20-18(15)21-17)12-6-9-23(10-7-12)27(25,26)14-3-4-14/h5-6,8,11,13-14H,1-4,7,9-10H2,(H2,20,21,22,24). The van der Waals surface area contributed by atoms with Crippen LogP contribution in [0, 0.1) is 5.92 Å². The van der Waals surface area contributed by atoms with Gasteiger partial charge in [-0.05, 0) is 55.4 Å². The molecule has 8 heteroatoms. The summed E-state index contributed by atoms with van der Waals surface area (Å²) in [4.78, 5) is 19.7. The number of amides is 1. The van der Waals surface area contributed by atoms with Crippen LogP contribution >= 0.6 is 0 Å². The summed E-state index contributed by atoms with van der Waals surface area (Å²) in [5.41, 5.74) is 2.84. The summed E-state index contributed by atoms with van der Waals surface area (Å²) in [5.74, 6) is 0.689. The molecule has 2 fully saturated rings. The molecule has 0 bridgehead atoms. The normalized spacial score (nSPS) is 21.3. The van der Waals surface area contributed by atoms with Crippen molar-refractivity contribution < 1.29 is 13.2 Å². The Labute approximate surface area is 157 Å². The number of nitrogens with one attached hydrogen (secondary N) is 2. The molecule has 5 rings (SSSR count). The molecule has 3 aliphatic rings. The van der Waals surface area contributed by atoms with Gasteiger partial charge in [-0.15, -0.1) is 0 Å². The largest absolute Gasteiger partial charge is 0.346 e. The van der Waals surface area contributed by atoms with E-state index in [4.69, 9.17) is 0 Å². The Morgan fingerprint density at radius 2 is 2.07 bits per heavy atom. The summed E-state index contributed by atoms with van der Waals surface area (Å²) >= 11 is 0. The number of fused-ring (bicyclic) bond motifs is 1. The molecular weight excluding hydrogens is 364 g/mol. The van der Waals surface area contributed by atoms with E-state index < -0.39 is 10.0 Å². The number of pyridine rings is 1. The van der Waals surface area contributed by atoms with Gasteiger partial charge in [0.15, 0.2) is 0 Å². The van der Waals surface area contributed by atoms with E-state index in [1.807, 2.05) is 24.4 Å². The summed E-state index contributed by atoms with van der Waals surface area (Å²) < 4.78 is 26.5. The van der Waals surface area contributed by atoms with Crippen molar-refractivity contribution in [3.05, 3.63) is 30.0 Å². The minimum Gasteiger partial charge on any atom is -0.346 e. The van der Waals surface area contributed by atoms with Crippen molar-refractivity contribution >= 4 is 38.4 Å². The zero-order chi connectivity index (χ0) is 18.6. The van der Waals surface area contributed by atoms with Crippen LogP contribution in [-0.2, 0) is 14.8 Å². The monoisotopic (exact) mass is 386 g/mol. The Morgan fingerprint density at radius 3 is 2.74 bits per heavy atom. The van der Waals surface area contributed by atoms with Gasteiger partial charge < -0.3 is 10.3 Å². The highest BCUT2D eigenvalue weighted by Gasteiger charge is 2.40. The number of nitrogens with zero attached hydrogens (tertiary/aromatic N) is 2.